The standard InChI is InChI=1S/C40H59NO6Si/c1-25(42)45-36-34-30(29(24-39(36,8)9)47-48(10,11)38(5,6)7)32-31(33(41-34)26-16-20-43-21-17-26)35(46-40(32)18-22-44-23-19-40)27-12-14-28(15-13-27)37(2,3)4/h12-15,26,29,35-36H,16-24H2,1-11H3. The molecular formula is C40H59NO6Si. The molecule has 8 heteroatoms. The Morgan fingerprint density at radius 3 is 2.06 bits per heavy atom. The van der Waals surface area contributed by atoms with Gasteiger partial charge in [0.2, 0.25) is 0 Å². The molecule has 264 valence electrons. The number of carbonyl (C=O) groups excluding carboxylic acids is 1. The first-order valence-corrected chi connectivity index (χ1v) is 21.1. The maximum atomic E-state index is 12.8. The van der Waals surface area contributed by atoms with E-state index < -0.39 is 20.0 Å². The average molecular weight is 678 g/mol. The van der Waals surface area contributed by atoms with Gasteiger partial charge in [-0.3, -0.25) is 9.78 Å². The maximum absolute atomic E-state index is 12.8. The zero-order valence-electron chi connectivity index (χ0n) is 31.4. The topological polar surface area (TPSA) is 76.1 Å². The summed E-state index contributed by atoms with van der Waals surface area (Å²) in [5, 5.41) is 0.0207. The van der Waals surface area contributed by atoms with Gasteiger partial charge in [-0.1, -0.05) is 79.7 Å². The molecule has 4 aliphatic rings. The van der Waals surface area contributed by atoms with Crippen LogP contribution in [0.2, 0.25) is 18.1 Å². The molecule has 1 spiro atoms. The molecule has 2 aromatic rings. The number of fused-ring (bicyclic) bond motifs is 4. The van der Waals surface area contributed by atoms with Crippen molar-refractivity contribution in [1.82, 2.24) is 4.98 Å². The minimum atomic E-state index is -2.24. The molecule has 6 rings (SSSR count). The van der Waals surface area contributed by atoms with E-state index in [1.54, 1.807) is 0 Å². The quantitative estimate of drug-likeness (QED) is 0.231. The number of hydrogen-bond acceptors (Lipinski definition) is 7. The molecule has 0 saturated carbocycles. The summed E-state index contributed by atoms with van der Waals surface area (Å²) in [6, 6.07) is 9.04. The number of aromatic nitrogens is 1. The number of nitrogens with zero attached hydrogens (tertiary/aromatic N) is 1. The average Bonchev–Trinajstić information content (AvgIpc) is 3.32. The Bertz CT molecular complexity index is 1510. The third-order valence-electron chi connectivity index (χ3n) is 11.9. The molecule has 3 aliphatic heterocycles. The second-order valence-electron chi connectivity index (χ2n) is 18.0. The van der Waals surface area contributed by atoms with Gasteiger partial charge in [-0.25, -0.2) is 0 Å². The first kappa shape index (κ1) is 35.7. The van der Waals surface area contributed by atoms with Gasteiger partial charge in [-0.15, -0.1) is 0 Å². The lowest BCUT2D eigenvalue weighted by Gasteiger charge is -2.48. The van der Waals surface area contributed by atoms with E-state index in [1.165, 1.54) is 23.6 Å². The smallest absolute Gasteiger partial charge is 0.303 e. The van der Waals surface area contributed by atoms with Crippen LogP contribution in [0.3, 0.4) is 0 Å². The predicted molar refractivity (Wildman–Crippen MR) is 191 cm³/mol. The number of pyridine rings is 1. The van der Waals surface area contributed by atoms with Gasteiger partial charge in [-0.2, -0.15) is 0 Å². The minimum absolute atomic E-state index is 0.0207. The molecule has 0 radical (unpaired) electrons. The van der Waals surface area contributed by atoms with Crippen molar-refractivity contribution < 1.29 is 28.2 Å². The molecule has 4 heterocycles. The zero-order valence-corrected chi connectivity index (χ0v) is 32.4. The van der Waals surface area contributed by atoms with Crippen molar-refractivity contribution in [3.8, 4) is 0 Å². The summed E-state index contributed by atoms with van der Waals surface area (Å²) in [6.45, 7) is 26.9. The molecular weight excluding hydrogens is 619 g/mol. The number of hydrogen-bond donors (Lipinski definition) is 0. The third-order valence-corrected chi connectivity index (χ3v) is 16.4. The molecule has 7 nitrogen and oxygen atoms in total. The fourth-order valence-electron chi connectivity index (χ4n) is 8.09. The second-order valence-corrected chi connectivity index (χ2v) is 22.8. The SMILES string of the molecule is CC(=O)OC1c2nc(C3CCOCC3)c3c(c2C(O[Si](C)(C)C(C)(C)C)CC1(C)C)C1(CCOCC1)OC3c1ccc(C(C)(C)C)cc1. The molecule has 1 aliphatic carbocycles. The Morgan fingerprint density at radius 1 is 0.896 bits per heavy atom. The molecule has 3 unspecified atom stereocenters. The van der Waals surface area contributed by atoms with Crippen LogP contribution in [0.15, 0.2) is 24.3 Å². The second kappa shape index (κ2) is 12.6. The van der Waals surface area contributed by atoms with Gasteiger partial charge in [0, 0.05) is 68.7 Å². The van der Waals surface area contributed by atoms with Crippen LogP contribution >= 0.6 is 0 Å². The van der Waals surface area contributed by atoms with Gasteiger partial charge in [0.15, 0.2) is 8.32 Å². The van der Waals surface area contributed by atoms with Crippen LogP contribution in [0.25, 0.3) is 0 Å². The Balaban J connectivity index is 1.66. The first-order valence-electron chi connectivity index (χ1n) is 18.2. The predicted octanol–water partition coefficient (Wildman–Crippen LogP) is 9.50. The summed E-state index contributed by atoms with van der Waals surface area (Å²) >= 11 is 0. The lowest BCUT2D eigenvalue weighted by atomic mass is 9.68. The monoisotopic (exact) mass is 677 g/mol. The van der Waals surface area contributed by atoms with Gasteiger partial charge in [-0.05, 0) is 59.5 Å². The van der Waals surface area contributed by atoms with Crippen LogP contribution in [0.4, 0.5) is 0 Å². The van der Waals surface area contributed by atoms with E-state index in [9.17, 15) is 4.79 Å². The van der Waals surface area contributed by atoms with Crippen molar-refractivity contribution in [3.05, 3.63) is 63.5 Å². The van der Waals surface area contributed by atoms with Crippen LogP contribution in [0.5, 0.6) is 0 Å². The van der Waals surface area contributed by atoms with Gasteiger partial charge in [0.25, 0.3) is 0 Å². The summed E-state index contributed by atoms with van der Waals surface area (Å²) in [5.41, 5.74) is 7.06. The number of esters is 1. The molecule has 48 heavy (non-hydrogen) atoms. The van der Waals surface area contributed by atoms with Crippen molar-refractivity contribution in [3.63, 3.8) is 0 Å². The van der Waals surface area contributed by atoms with Crippen molar-refractivity contribution in [2.75, 3.05) is 26.4 Å². The number of rotatable bonds is 5. The normalized spacial score (nSPS) is 25.9. The van der Waals surface area contributed by atoms with Crippen LogP contribution in [0.1, 0.15) is 158 Å². The Morgan fingerprint density at radius 2 is 1.50 bits per heavy atom. The molecule has 0 amide bonds. The lowest BCUT2D eigenvalue weighted by Crippen LogP contribution is -2.46. The number of benzene rings is 1. The van der Waals surface area contributed by atoms with E-state index in [0.717, 1.165) is 54.6 Å². The highest BCUT2D eigenvalue weighted by atomic mass is 28.4. The van der Waals surface area contributed by atoms with Crippen LogP contribution in [0, 0.1) is 5.41 Å². The molecule has 2 saturated heterocycles. The Labute approximate surface area is 290 Å². The van der Waals surface area contributed by atoms with E-state index >= 15 is 0 Å². The highest BCUT2D eigenvalue weighted by Crippen LogP contribution is 2.61. The lowest BCUT2D eigenvalue weighted by molar-refractivity contribution is -0.156. The Kier molecular flexibility index (Phi) is 9.37. The summed E-state index contributed by atoms with van der Waals surface area (Å²) < 4.78 is 33.1. The molecule has 1 aromatic heterocycles. The van der Waals surface area contributed by atoms with Crippen LogP contribution in [-0.4, -0.2) is 45.7 Å². The third kappa shape index (κ3) is 6.45. The highest BCUT2D eigenvalue weighted by molar-refractivity contribution is 6.74. The molecule has 0 N–H and O–H groups in total. The van der Waals surface area contributed by atoms with Crippen LogP contribution in [-0.2, 0) is 39.2 Å². The minimum Gasteiger partial charge on any atom is -0.455 e. The summed E-state index contributed by atoms with van der Waals surface area (Å²) in [4.78, 5) is 18.5. The van der Waals surface area contributed by atoms with E-state index in [0.29, 0.717) is 26.4 Å². The van der Waals surface area contributed by atoms with Crippen molar-refractivity contribution in [2.24, 2.45) is 5.41 Å². The maximum Gasteiger partial charge on any atom is 0.303 e. The van der Waals surface area contributed by atoms with E-state index in [1.807, 2.05) is 0 Å². The summed E-state index contributed by atoms with van der Waals surface area (Å²) in [6.07, 6.45) is 3.09. The van der Waals surface area contributed by atoms with Gasteiger partial charge in [0.05, 0.1) is 23.1 Å². The van der Waals surface area contributed by atoms with E-state index in [4.69, 9.17) is 28.4 Å². The molecule has 0 bridgehead atoms. The van der Waals surface area contributed by atoms with Crippen molar-refractivity contribution in [1.29, 1.82) is 0 Å². The zero-order chi connectivity index (χ0) is 34.9. The van der Waals surface area contributed by atoms with E-state index in [2.05, 4.69) is 92.7 Å². The van der Waals surface area contributed by atoms with Crippen molar-refractivity contribution >= 4 is 14.3 Å². The summed E-state index contributed by atoms with van der Waals surface area (Å²) in [7, 11) is -2.24. The van der Waals surface area contributed by atoms with E-state index in [-0.39, 0.29) is 40.0 Å². The van der Waals surface area contributed by atoms with Gasteiger partial charge in [0.1, 0.15) is 12.2 Å². The van der Waals surface area contributed by atoms with Crippen LogP contribution < -0.4 is 0 Å². The highest BCUT2D eigenvalue weighted by Gasteiger charge is 2.56. The van der Waals surface area contributed by atoms with Gasteiger partial charge >= 0.3 is 5.97 Å². The molecule has 3 atom stereocenters. The number of ether oxygens (including phenoxy) is 4. The number of carbonyl (C=O) groups is 1. The fraction of sp³-hybridized carbons (Fsp3) is 0.700. The summed E-state index contributed by atoms with van der Waals surface area (Å²) in [5.74, 6) is -0.0675. The molecule has 2 fully saturated rings. The largest absolute Gasteiger partial charge is 0.455 e. The Hall–Kier alpha value is -2.10. The molecule has 1 aromatic carbocycles. The van der Waals surface area contributed by atoms with Crippen molar-refractivity contribution in [2.45, 2.75) is 148 Å². The first-order chi connectivity index (χ1) is 22.3. The van der Waals surface area contributed by atoms with Gasteiger partial charge < -0.3 is 23.4 Å². The fourth-order valence-corrected chi connectivity index (χ4v) is 9.36.